The van der Waals surface area contributed by atoms with E-state index in [1.165, 1.54) is 17.7 Å². The molecule has 0 N–H and O–H groups in total. The fourth-order valence-electron chi connectivity index (χ4n) is 2.12. The lowest BCUT2D eigenvalue weighted by Crippen LogP contribution is -2.04. The molecule has 0 heterocycles. The van der Waals surface area contributed by atoms with Crippen LogP contribution in [0, 0.1) is 5.82 Å². The largest absolute Gasteiger partial charge is 0.294 e. The minimum Gasteiger partial charge on any atom is -0.294 e. The summed E-state index contributed by atoms with van der Waals surface area (Å²) < 4.78 is 13.1. The van der Waals surface area contributed by atoms with E-state index in [1.54, 1.807) is 12.1 Å². The predicted molar refractivity (Wildman–Crippen MR) is 74.9 cm³/mol. The Morgan fingerprint density at radius 2 is 1.79 bits per heavy atom. The minimum atomic E-state index is -0.301. The third-order valence-corrected chi connectivity index (χ3v) is 3.04. The molecule has 0 unspecified atom stereocenters. The van der Waals surface area contributed by atoms with Gasteiger partial charge in [-0.15, -0.1) is 0 Å². The second-order valence-electron chi connectivity index (χ2n) is 4.68. The number of carbonyl (C=O) groups is 1. The van der Waals surface area contributed by atoms with Crippen LogP contribution < -0.4 is 0 Å². The van der Waals surface area contributed by atoms with Crippen LogP contribution in [0.2, 0.25) is 0 Å². The fraction of sp³-hybridized carbons (Fsp3) is 0.235. The molecule has 0 amide bonds. The summed E-state index contributed by atoms with van der Waals surface area (Å²) in [5.74, 6) is -0.270. The van der Waals surface area contributed by atoms with Crippen molar-refractivity contribution >= 4 is 5.78 Å². The Labute approximate surface area is 113 Å². The second kappa shape index (κ2) is 6.28. The van der Waals surface area contributed by atoms with Crippen molar-refractivity contribution in [3.8, 4) is 0 Å². The summed E-state index contributed by atoms with van der Waals surface area (Å²) in [5, 5.41) is 0. The van der Waals surface area contributed by atoms with Gasteiger partial charge in [0.25, 0.3) is 0 Å². The summed E-state index contributed by atoms with van der Waals surface area (Å²) in [6, 6.07) is 13.9. The molecule has 2 heteroatoms. The Morgan fingerprint density at radius 3 is 2.53 bits per heavy atom. The van der Waals surface area contributed by atoms with E-state index in [1.807, 2.05) is 24.3 Å². The van der Waals surface area contributed by atoms with E-state index in [9.17, 15) is 9.18 Å². The van der Waals surface area contributed by atoms with E-state index in [0.717, 1.165) is 12.8 Å². The third kappa shape index (κ3) is 3.75. The highest BCUT2D eigenvalue weighted by Gasteiger charge is 2.08. The molecule has 0 aliphatic rings. The Morgan fingerprint density at radius 1 is 1.05 bits per heavy atom. The van der Waals surface area contributed by atoms with Crippen molar-refractivity contribution in [1.29, 1.82) is 0 Å². The zero-order valence-electron chi connectivity index (χ0n) is 11.0. The van der Waals surface area contributed by atoms with Crippen molar-refractivity contribution < 1.29 is 9.18 Å². The van der Waals surface area contributed by atoms with Gasteiger partial charge in [0.1, 0.15) is 5.82 Å². The van der Waals surface area contributed by atoms with Crippen molar-refractivity contribution in [3.05, 3.63) is 71.0 Å². The summed E-state index contributed by atoms with van der Waals surface area (Å²) in [5.41, 5.74) is 2.59. The topological polar surface area (TPSA) is 17.1 Å². The van der Waals surface area contributed by atoms with Gasteiger partial charge >= 0.3 is 0 Å². The summed E-state index contributed by atoms with van der Waals surface area (Å²) in [6.07, 6.45) is 2.27. The van der Waals surface area contributed by atoms with E-state index in [0.29, 0.717) is 11.1 Å². The molecular weight excluding hydrogens is 239 g/mol. The number of hydrogen-bond donors (Lipinski definition) is 0. The van der Waals surface area contributed by atoms with Crippen molar-refractivity contribution in [2.75, 3.05) is 0 Å². The maximum absolute atomic E-state index is 13.1. The van der Waals surface area contributed by atoms with Crippen LogP contribution in [0.15, 0.2) is 48.5 Å². The lowest BCUT2D eigenvalue weighted by atomic mass is 10.00. The molecule has 0 atom stereocenters. The molecule has 0 radical (unpaired) electrons. The van der Waals surface area contributed by atoms with Crippen LogP contribution in [0.25, 0.3) is 0 Å². The van der Waals surface area contributed by atoms with Crippen LogP contribution in [-0.2, 0) is 12.8 Å². The number of ketones is 1. The fourth-order valence-corrected chi connectivity index (χ4v) is 2.12. The molecule has 0 spiro atoms. The lowest BCUT2D eigenvalue weighted by molar-refractivity contribution is 0.0993. The van der Waals surface area contributed by atoms with Gasteiger partial charge in [-0.2, -0.15) is 0 Å². The van der Waals surface area contributed by atoms with E-state index in [4.69, 9.17) is 0 Å². The first kappa shape index (κ1) is 13.5. The average molecular weight is 256 g/mol. The number of rotatable bonds is 5. The van der Waals surface area contributed by atoms with Gasteiger partial charge in [-0.05, 0) is 35.7 Å². The van der Waals surface area contributed by atoms with E-state index < -0.39 is 0 Å². The number of hydrogen-bond acceptors (Lipinski definition) is 1. The van der Waals surface area contributed by atoms with E-state index in [-0.39, 0.29) is 18.0 Å². The summed E-state index contributed by atoms with van der Waals surface area (Å²) in [7, 11) is 0. The molecule has 0 aliphatic carbocycles. The van der Waals surface area contributed by atoms with Crippen LogP contribution in [0.3, 0.4) is 0 Å². The second-order valence-corrected chi connectivity index (χ2v) is 4.68. The van der Waals surface area contributed by atoms with Gasteiger partial charge in [0, 0.05) is 12.0 Å². The molecule has 0 saturated heterocycles. The minimum absolute atomic E-state index is 0.0311. The number of Topliss-reactive ketones (excluding diaryl/α,β-unsaturated/α-hetero) is 1. The van der Waals surface area contributed by atoms with Crippen LogP contribution >= 0.6 is 0 Å². The Balaban J connectivity index is 2.13. The Kier molecular flexibility index (Phi) is 4.45. The van der Waals surface area contributed by atoms with Gasteiger partial charge in [-0.25, -0.2) is 4.39 Å². The number of halogens is 1. The zero-order chi connectivity index (χ0) is 13.7. The number of benzene rings is 2. The number of aryl methyl sites for hydroxylation is 1. The highest BCUT2D eigenvalue weighted by Crippen LogP contribution is 2.12. The average Bonchev–Trinajstić information content (AvgIpc) is 2.39. The molecule has 0 aromatic heterocycles. The van der Waals surface area contributed by atoms with Crippen LogP contribution in [-0.4, -0.2) is 5.78 Å². The predicted octanol–water partition coefficient (Wildman–Crippen LogP) is 4.20. The Bertz CT molecular complexity index is 575. The SMILES string of the molecule is CCCc1cccc(C(=O)Cc2cccc(F)c2)c1. The molecule has 0 aliphatic heterocycles. The normalized spacial score (nSPS) is 10.4. The molecule has 0 bridgehead atoms. The van der Waals surface area contributed by atoms with Gasteiger partial charge in [0.2, 0.25) is 0 Å². The van der Waals surface area contributed by atoms with Gasteiger partial charge in [0.05, 0.1) is 0 Å². The van der Waals surface area contributed by atoms with E-state index in [2.05, 4.69) is 6.92 Å². The van der Waals surface area contributed by atoms with Gasteiger partial charge < -0.3 is 0 Å². The molecule has 2 rings (SSSR count). The van der Waals surface area contributed by atoms with Crippen molar-refractivity contribution in [2.45, 2.75) is 26.2 Å². The first-order valence-electron chi connectivity index (χ1n) is 6.55. The maximum Gasteiger partial charge on any atom is 0.167 e. The first-order chi connectivity index (χ1) is 9.19. The molecule has 2 aromatic carbocycles. The lowest BCUT2D eigenvalue weighted by Gasteiger charge is -2.04. The molecular formula is C17H17FO. The quantitative estimate of drug-likeness (QED) is 0.733. The number of carbonyl (C=O) groups excluding carboxylic acids is 1. The standard InChI is InChI=1S/C17H17FO/c1-2-5-13-6-3-8-15(10-13)17(19)12-14-7-4-9-16(18)11-14/h3-4,6-11H,2,5,12H2,1H3. The van der Waals surface area contributed by atoms with Gasteiger partial charge in [-0.1, -0.05) is 43.7 Å². The van der Waals surface area contributed by atoms with Crippen molar-refractivity contribution in [3.63, 3.8) is 0 Å². The maximum atomic E-state index is 13.1. The third-order valence-electron chi connectivity index (χ3n) is 3.04. The molecule has 1 nitrogen and oxygen atoms in total. The van der Waals surface area contributed by atoms with Gasteiger partial charge in [-0.3, -0.25) is 4.79 Å². The molecule has 0 saturated carbocycles. The highest BCUT2D eigenvalue weighted by molar-refractivity contribution is 5.97. The molecule has 19 heavy (non-hydrogen) atoms. The highest BCUT2D eigenvalue weighted by atomic mass is 19.1. The van der Waals surface area contributed by atoms with Crippen LogP contribution in [0.4, 0.5) is 4.39 Å². The smallest absolute Gasteiger partial charge is 0.167 e. The van der Waals surface area contributed by atoms with Crippen molar-refractivity contribution in [2.24, 2.45) is 0 Å². The summed E-state index contributed by atoms with van der Waals surface area (Å²) in [6.45, 7) is 2.11. The summed E-state index contributed by atoms with van der Waals surface area (Å²) >= 11 is 0. The zero-order valence-corrected chi connectivity index (χ0v) is 11.0. The molecule has 98 valence electrons. The van der Waals surface area contributed by atoms with Gasteiger partial charge in [0.15, 0.2) is 5.78 Å². The van der Waals surface area contributed by atoms with Crippen molar-refractivity contribution in [1.82, 2.24) is 0 Å². The molecule has 2 aromatic rings. The first-order valence-corrected chi connectivity index (χ1v) is 6.55. The van der Waals surface area contributed by atoms with Crippen LogP contribution in [0.5, 0.6) is 0 Å². The molecule has 0 fully saturated rings. The monoisotopic (exact) mass is 256 g/mol. The summed E-state index contributed by atoms with van der Waals surface area (Å²) in [4.78, 5) is 12.2. The van der Waals surface area contributed by atoms with E-state index >= 15 is 0 Å². The van der Waals surface area contributed by atoms with Crippen LogP contribution in [0.1, 0.15) is 34.8 Å². The Hall–Kier alpha value is -1.96.